The average molecular weight is 328 g/mol. The highest BCUT2D eigenvalue weighted by atomic mass is 35.5. The monoisotopic (exact) mass is 326 g/mol. The van der Waals surface area contributed by atoms with E-state index >= 15 is 0 Å². The molecule has 0 aliphatic heterocycles. The molecule has 20 heavy (non-hydrogen) atoms. The van der Waals surface area contributed by atoms with Gasteiger partial charge in [-0.2, -0.15) is 0 Å². The molecule has 0 bridgehead atoms. The van der Waals surface area contributed by atoms with E-state index in [0.717, 1.165) is 11.1 Å². The largest absolute Gasteiger partial charge is 0.383 e. The fourth-order valence-electron chi connectivity index (χ4n) is 1.55. The van der Waals surface area contributed by atoms with Crippen molar-refractivity contribution in [2.75, 3.05) is 0 Å². The van der Waals surface area contributed by atoms with E-state index in [4.69, 9.17) is 28.9 Å². The third-order valence-electron chi connectivity index (χ3n) is 2.52. The average Bonchev–Trinajstić information content (AvgIpc) is 2.43. The molecule has 0 fully saturated rings. The minimum absolute atomic E-state index is 0. The predicted octanol–water partition coefficient (Wildman–Crippen LogP) is 4.79. The van der Waals surface area contributed by atoms with Gasteiger partial charge in [0, 0.05) is 27.4 Å². The Morgan fingerprint density at radius 1 is 0.950 bits per heavy atom. The Morgan fingerprint density at radius 3 is 2.15 bits per heavy atom. The molecule has 0 aliphatic carbocycles. The second-order valence-corrected chi connectivity index (χ2v) is 4.65. The molecule has 2 N–H and O–H groups in total. The molecule has 0 saturated carbocycles. The van der Waals surface area contributed by atoms with Gasteiger partial charge in [-0.05, 0) is 18.2 Å². The Kier molecular flexibility index (Phi) is 6.59. The van der Waals surface area contributed by atoms with Crippen molar-refractivity contribution in [3.8, 4) is 0 Å². The van der Waals surface area contributed by atoms with Gasteiger partial charge in [0.05, 0.1) is 0 Å². The van der Waals surface area contributed by atoms with Gasteiger partial charge in [0.15, 0.2) is 0 Å². The Morgan fingerprint density at radius 2 is 1.55 bits per heavy atom. The van der Waals surface area contributed by atoms with Crippen LogP contribution in [0.25, 0.3) is 6.08 Å². The van der Waals surface area contributed by atoms with E-state index in [2.05, 4.69) is 4.99 Å². The standard InChI is InChI=1S/C15H12Cl2N2.ClH/c16-13-7-4-8-14(17)12(13)9-10-19-15(18)11-5-2-1-3-6-11;/h1-10H,(H2,18,19);1H. The van der Waals surface area contributed by atoms with Crippen LogP contribution in [0.1, 0.15) is 11.1 Å². The lowest BCUT2D eigenvalue weighted by atomic mass is 10.2. The van der Waals surface area contributed by atoms with Crippen LogP contribution < -0.4 is 5.73 Å². The van der Waals surface area contributed by atoms with Crippen molar-refractivity contribution < 1.29 is 0 Å². The quantitative estimate of drug-likeness (QED) is 0.638. The lowest BCUT2D eigenvalue weighted by Gasteiger charge is -2.00. The van der Waals surface area contributed by atoms with Crippen LogP contribution in [0, 0.1) is 0 Å². The number of nitrogens with two attached hydrogens (primary N) is 1. The summed E-state index contributed by atoms with van der Waals surface area (Å²) in [7, 11) is 0. The van der Waals surface area contributed by atoms with E-state index in [9.17, 15) is 0 Å². The zero-order chi connectivity index (χ0) is 13.7. The van der Waals surface area contributed by atoms with Crippen molar-refractivity contribution in [1.82, 2.24) is 0 Å². The summed E-state index contributed by atoms with van der Waals surface area (Å²) < 4.78 is 0. The number of halogens is 3. The first kappa shape index (κ1) is 16.6. The van der Waals surface area contributed by atoms with Crippen LogP contribution in [0.2, 0.25) is 10.0 Å². The number of rotatable bonds is 3. The predicted molar refractivity (Wildman–Crippen MR) is 89.9 cm³/mol. The molecule has 0 spiro atoms. The smallest absolute Gasteiger partial charge is 0.130 e. The number of hydrogen-bond acceptors (Lipinski definition) is 1. The third-order valence-corrected chi connectivity index (χ3v) is 3.18. The summed E-state index contributed by atoms with van der Waals surface area (Å²) in [5.41, 5.74) is 7.47. The molecule has 2 aromatic carbocycles. The summed E-state index contributed by atoms with van der Waals surface area (Å²) >= 11 is 12.1. The van der Waals surface area contributed by atoms with E-state index in [1.54, 1.807) is 30.5 Å². The minimum atomic E-state index is 0. The minimum Gasteiger partial charge on any atom is -0.383 e. The third kappa shape index (κ3) is 4.27. The molecule has 0 amide bonds. The second kappa shape index (κ2) is 7.95. The van der Waals surface area contributed by atoms with Crippen LogP contribution in [0.4, 0.5) is 0 Å². The van der Waals surface area contributed by atoms with Gasteiger partial charge < -0.3 is 5.73 Å². The summed E-state index contributed by atoms with van der Waals surface area (Å²) in [6.07, 6.45) is 3.33. The summed E-state index contributed by atoms with van der Waals surface area (Å²) in [6, 6.07) is 14.9. The van der Waals surface area contributed by atoms with Crippen molar-refractivity contribution in [3.05, 3.63) is 75.9 Å². The van der Waals surface area contributed by atoms with Crippen LogP contribution in [-0.2, 0) is 0 Å². The van der Waals surface area contributed by atoms with Gasteiger partial charge in [-0.15, -0.1) is 12.4 Å². The maximum Gasteiger partial charge on any atom is 0.130 e. The van der Waals surface area contributed by atoms with Gasteiger partial charge in [0.1, 0.15) is 5.84 Å². The molecule has 0 unspecified atom stereocenters. The van der Waals surface area contributed by atoms with Crippen molar-refractivity contribution >= 4 is 47.5 Å². The van der Waals surface area contributed by atoms with E-state index in [1.165, 1.54) is 0 Å². The number of aliphatic imine (C=N–C) groups is 1. The lowest BCUT2D eigenvalue weighted by Crippen LogP contribution is -2.12. The van der Waals surface area contributed by atoms with Crippen molar-refractivity contribution in [3.63, 3.8) is 0 Å². The number of benzene rings is 2. The van der Waals surface area contributed by atoms with Gasteiger partial charge in [0.25, 0.3) is 0 Å². The molecule has 2 aromatic rings. The van der Waals surface area contributed by atoms with Crippen LogP contribution in [0.5, 0.6) is 0 Å². The molecule has 0 aromatic heterocycles. The van der Waals surface area contributed by atoms with Gasteiger partial charge in [0.2, 0.25) is 0 Å². The molecule has 0 heterocycles. The molecule has 104 valence electrons. The molecule has 0 radical (unpaired) electrons. The van der Waals surface area contributed by atoms with Crippen LogP contribution in [0.15, 0.2) is 59.7 Å². The summed E-state index contributed by atoms with van der Waals surface area (Å²) in [6.45, 7) is 0. The normalized spacial score (nSPS) is 11.4. The Hall–Kier alpha value is -1.48. The maximum absolute atomic E-state index is 6.05. The number of nitrogens with zero attached hydrogens (tertiary/aromatic N) is 1. The Balaban J connectivity index is 0.00000200. The van der Waals surface area contributed by atoms with Crippen molar-refractivity contribution in [2.24, 2.45) is 10.7 Å². The van der Waals surface area contributed by atoms with Crippen LogP contribution in [0.3, 0.4) is 0 Å². The Labute approximate surface area is 134 Å². The fraction of sp³-hybridized carbons (Fsp3) is 0. The zero-order valence-corrected chi connectivity index (χ0v) is 12.8. The molecule has 5 heteroatoms. The molecule has 0 aliphatic rings. The first-order chi connectivity index (χ1) is 9.18. The van der Waals surface area contributed by atoms with Gasteiger partial charge in [-0.1, -0.05) is 59.6 Å². The molecular formula is C15H13Cl3N2. The van der Waals surface area contributed by atoms with Crippen LogP contribution in [-0.4, -0.2) is 5.84 Å². The van der Waals surface area contributed by atoms with E-state index < -0.39 is 0 Å². The molecule has 0 atom stereocenters. The van der Waals surface area contributed by atoms with E-state index in [1.807, 2.05) is 30.3 Å². The first-order valence-electron chi connectivity index (χ1n) is 5.68. The van der Waals surface area contributed by atoms with Crippen molar-refractivity contribution in [1.29, 1.82) is 0 Å². The zero-order valence-electron chi connectivity index (χ0n) is 10.5. The first-order valence-corrected chi connectivity index (χ1v) is 6.43. The highest BCUT2D eigenvalue weighted by Gasteiger charge is 2.00. The SMILES string of the molecule is Cl.NC(=NC=Cc1c(Cl)cccc1Cl)c1ccccc1. The lowest BCUT2D eigenvalue weighted by molar-refractivity contribution is 1.47. The number of hydrogen-bond donors (Lipinski definition) is 1. The maximum atomic E-state index is 6.05. The highest BCUT2D eigenvalue weighted by molar-refractivity contribution is 6.37. The van der Waals surface area contributed by atoms with E-state index in [0.29, 0.717) is 15.9 Å². The molecule has 2 rings (SSSR count). The summed E-state index contributed by atoms with van der Waals surface area (Å²) in [5, 5.41) is 1.16. The molecule has 0 saturated heterocycles. The van der Waals surface area contributed by atoms with Gasteiger partial charge in [-0.25, -0.2) is 4.99 Å². The molecular weight excluding hydrogens is 315 g/mol. The van der Waals surface area contributed by atoms with Gasteiger partial charge in [-0.3, -0.25) is 0 Å². The van der Waals surface area contributed by atoms with Crippen molar-refractivity contribution in [2.45, 2.75) is 0 Å². The second-order valence-electron chi connectivity index (χ2n) is 3.83. The summed E-state index contributed by atoms with van der Waals surface area (Å²) in [5.74, 6) is 0.444. The highest BCUT2D eigenvalue weighted by Crippen LogP contribution is 2.25. The Bertz CT molecular complexity index is 602. The molecule has 2 nitrogen and oxygen atoms in total. The van der Waals surface area contributed by atoms with Gasteiger partial charge >= 0.3 is 0 Å². The number of amidine groups is 1. The topological polar surface area (TPSA) is 38.4 Å². The fourth-order valence-corrected chi connectivity index (χ4v) is 2.07. The summed E-state index contributed by atoms with van der Waals surface area (Å²) in [4.78, 5) is 4.17. The van der Waals surface area contributed by atoms with E-state index in [-0.39, 0.29) is 12.4 Å². The van der Waals surface area contributed by atoms with Crippen LogP contribution >= 0.6 is 35.6 Å².